The molecule has 0 amide bonds. The lowest BCUT2D eigenvalue weighted by molar-refractivity contribution is 1.16. The summed E-state index contributed by atoms with van der Waals surface area (Å²) in [5.41, 5.74) is 5.96. The third-order valence-corrected chi connectivity index (χ3v) is 4.97. The van der Waals surface area contributed by atoms with E-state index < -0.39 is 0 Å². The molecule has 2 aromatic carbocycles. The van der Waals surface area contributed by atoms with Crippen molar-refractivity contribution in [3.63, 3.8) is 0 Å². The number of nitrogens with zero attached hydrogens (tertiary/aromatic N) is 3. The van der Waals surface area contributed by atoms with E-state index in [2.05, 4.69) is 41.4 Å². The van der Waals surface area contributed by atoms with Gasteiger partial charge in [-0.25, -0.2) is 4.98 Å². The third kappa shape index (κ3) is 3.53. The van der Waals surface area contributed by atoms with E-state index in [0.29, 0.717) is 5.56 Å². The zero-order valence-electron chi connectivity index (χ0n) is 14.0. The number of rotatable bonds is 4. The summed E-state index contributed by atoms with van der Waals surface area (Å²) < 4.78 is 0. The van der Waals surface area contributed by atoms with E-state index in [1.807, 2.05) is 48.0 Å². The van der Waals surface area contributed by atoms with Crippen molar-refractivity contribution in [3.8, 4) is 28.0 Å². The summed E-state index contributed by atoms with van der Waals surface area (Å²) in [7, 11) is 0. The molecule has 2 heterocycles. The Morgan fingerprint density at radius 1 is 0.885 bits per heavy atom. The number of aromatic nitrogens is 2. The molecule has 0 aliphatic carbocycles. The minimum atomic E-state index is 0.652. The molecular weight excluding hydrogens is 338 g/mol. The van der Waals surface area contributed by atoms with Gasteiger partial charge in [0.25, 0.3) is 0 Å². The molecule has 0 N–H and O–H groups in total. The van der Waals surface area contributed by atoms with Crippen LogP contribution in [0.1, 0.15) is 16.7 Å². The van der Waals surface area contributed by atoms with E-state index in [1.54, 1.807) is 11.3 Å². The van der Waals surface area contributed by atoms with Crippen LogP contribution in [-0.2, 0) is 6.42 Å². The second-order valence-electron chi connectivity index (χ2n) is 5.94. The first-order valence-electron chi connectivity index (χ1n) is 8.27. The lowest BCUT2D eigenvalue weighted by Crippen LogP contribution is -1.90. The van der Waals surface area contributed by atoms with Gasteiger partial charge in [-0.1, -0.05) is 42.5 Å². The average Bonchev–Trinajstić information content (AvgIpc) is 3.19. The van der Waals surface area contributed by atoms with Crippen LogP contribution in [0.15, 0.2) is 78.3 Å². The van der Waals surface area contributed by atoms with E-state index in [4.69, 9.17) is 10.2 Å². The van der Waals surface area contributed by atoms with Crippen molar-refractivity contribution in [3.05, 3.63) is 95.0 Å². The molecular formula is C22H15N3S. The lowest BCUT2D eigenvalue weighted by atomic mass is 10.1. The molecule has 0 fully saturated rings. The molecule has 4 heteroatoms. The van der Waals surface area contributed by atoms with Crippen LogP contribution in [-0.4, -0.2) is 9.97 Å². The second kappa shape index (κ2) is 7.30. The number of hydrogen-bond acceptors (Lipinski definition) is 4. The molecule has 2 aromatic heterocycles. The van der Waals surface area contributed by atoms with Crippen molar-refractivity contribution in [2.24, 2.45) is 0 Å². The Morgan fingerprint density at radius 2 is 1.69 bits per heavy atom. The van der Waals surface area contributed by atoms with Gasteiger partial charge in [-0.15, -0.1) is 11.3 Å². The Labute approximate surface area is 156 Å². The standard InChI is InChI=1S/C22H15N3S/c23-14-17-6-8-19(9-7-17)21-15-26-22(25-21)20-13-18(10-11-24-20)12-16-4-2-1-3-5-16/h1-11,13,15H,12H2. The minimum absolute atomic E-state index is 0.652. The maximum Gasteiger partial charge on any atom is 0.142 e. The van der Waals surface area contributed by atoms with E-state index in [0.717, 1.165) is 28.4 Å². The van der Waals surface area contributed by atoms with Crippen molar-refractivity contribution < 1.29 is 0 Å². The van der Waals surface area contributed by atoms with Crippen molar-refractivity contribution in [2.75, 3.05) is 0 Å². The van der Waals surface area contributed by atoms with Gasteiger partial charge in [0.15, 0.2) is 0 Å². The fraction of sp³-hybridized carbons (Fsp3) is 0.0455. The first kappa shape index (κ1) is 16.2. The van der Waals surface area contributed by atoms with Crippen molar-refractivity contribution >= 4 is 11.3 Å². The summed E-state index contributed by atoms with van der Waals surface area (Å²) in [6, 6.07) is 24.2. The maximum atomic E-state index is 8.91. The van der Waals surface area contributed by atoms with Gasteiger partial charge < -0.3 is 0 Å². The van der Waals surface area contributed by atoms with Gasteiger partial charge in [0.2, 0.25) is 0 Å². The highest BCUT2D eigenvalue weighted by molar-refractivity contribution is 7.13. The monoisotopic (exact) mass is 353 g/mol. The molecule has 26 heavy (non-hydrogen) atoms. The molecule has 0 bridgehead atoms. The predicted octanol–water partition coefficient (Wildman–Crippen LogP) is 5.33. The Kier molecular flexibility index (Phi) is 4.55. The first-order valence-corrected chi connectivity index (χ1v) is 9.15. The van der Waals surface area contributed by atoms with E-state index >= 15 is 0 Å². The van der Waals surface area contributed by atoms with Gasteiger partial charge in [-0.3, -0.25) is 4.98 Å². The van der Waals surface area contributed by atoms with Crippen molar-refractivity contribution in [1.29, 1.82) is 5.26 Å². The molecule has 0 saturated carbocycles. The largest absolute Gasteiger partial charge is 0.254 e. The summed E-state index contributed by atoms with van der Waals surface area (Å²) >= 11 is 1.58. The molecule has 0 unspecified atom stereocenters. The lowest BCUT2D eigenvalue weighted by Gasteiger charge is -2.03. The molecule has 0 aliphatic heterocycles. The van der Waals surface area contributed by atoms with Crippen LogP contribution >= 0.6 is 11.3 Å². The molecule has 4 aromatic rings. The number of benzene rings is 2. The maximum absolute atomic E-state index is 8.91. The van der Waals surface area contributed by atoms with Gasteiger partial charge in [0.05, 0.1) is 23.0 Å². The van der Waals surface area contributed by atoms with Crippen LogP contribution in [0.4, 0.5) is 0 Å². The van der Waals surface area contributed by atoms with Crippen LogP contribution in [0.5, 0.6) is 0 Å². The molecule has 0 spiro atoms. The van der Waals surface area contributed by atoms with E-state index in [9.17, 15) is 0 Å². The second-order valence-corrected chi connectivity index (χ2v) is 6.80. The first-order chi connectivity index (χ1) is 12.8. The summed E-state index contributed by atoms with van der Waals surface area (Å²) in [4.78, 5) is 9.22. The molecule has 0 aliphatic rings. The fourth-order valence-corrected chi connectivity index (χ4v) is 3.57. The highest BCUT2D eigenvalue weighted by Crippen LogP contribution is 2.28. The Balaban J connectivity index is 1.59. The quantitative estimate of drug-likeness (QED) is 0.498. The summed E-state index contributed by atoms with van der Waals surface area (Å²) in [6.07, 6.45) is 2.72. The summed E-state index contributed by atoms with van der Waals surface area (Å²) in [5, 5.41) is 11.8. The van der Waals surface area contributed by atoms with Crippen LogP contribution < -0.4 is 0 Å². The molecule has 3 nitrogen and oxygen atoms in total. The Morgan fingerprint density at radius 3 is 2.46 bits per heavy atom. The van der Waals surface area contributed by atoms with Crippen LogP contribution in [0.2, 0.25) is 0 Å². The smallest absolute Gasteiger partial charge is 0.142 e. The SMILES string of the molecule is N#Cc1ccc(-c2csc(-c3cc(Cc4ccccc4)ccn3)n2)cc1. The number of thiazole rings is 1. The average molecular weight is 353 g/mol. The van der Waals surface area contributed by atoms with Crippen LogP contribution in [0, 0.1) is 11.3 Å². The normalized spacial score (nSPS) is 10.4. The molecule has 4 rings (SSSR count). The zero-order valence-corrected chi connectivity index (χ0v) is 14.8. The third-order valence-electron chi connectivity index (χ3n) is 4.11. The van der Waals surface area contributed by atoms with Gasteiger partial charge in [-0.2, -0.15) is 5.26 Å². The van der Waals surface area contributed by atoms with Gasteiger partial charge in [0.1, 0.15) is 5.01 Å². The molecule has 0 saturated heterocycles. The molecule has 0 atom stereocenters. The number of nitriles is 1. The summed E-state index contributed by atoms with van der Waals surface area (Å²) in [6.45, 7) is 0. The Hall–Kier alpha value is -3.29. The number of hydrogen-bond donors (Lipinski definition) is 0. The zero-order chi connectivity index (χ0) is 17.8. The molecule has 0 radical (unpaired) electrons. The van der Waals surface area contributed by atoms with Crippen molar-refractivity contribution in [2.45, 2.75) is 6.42 Å². The van der Waals surface area contributed by atoms with E-state index in [-0.39, 0.29) is 0 Å². The highest BCUT2D eigenvalue weighted by atomic mass is 32.1. The van der Waals surface area contributed by atoms with Gasteiger partial charge in [-0.05, 0) is 41.8 Å². The topological polar surface area (TPSA) is 49.6 Å². The van der Waals surface area contributed by atoms with Crippen LogP contribution in [0.3, 0.4) is 0 Å². The Bertz CT molecular complexity index is 1060. The number of pyridine rings is 1. The van der Waals surface area contributed by atoms with Gasteiger partial charge >= 0.3 is 0 Å². The minimum Gasteiger partial charge on any atom is -0.254 e. The highest BCUT2D eigenvalue weighted by Gasteiger charge is 2.09. The van der Waals surface area contributed by atoms with Gasteiger partial charge in [0, 0.05) is 17.1 Å². The van der Waals surface area contributed by atoms with Crippen molar-refractivity contribution in [1.82, 2.24) is 9.97 Å². The van der Waals surface area contributed by atoms with E-state index in [1.165, 1.54) is 11.1 Å². The predicted molar refractivity (Wildman–Crippen MR) is 105 cm³/mol. The fourth-order valence-electron chi connectivity index (χ4n) is 2.77. The van der Waals surface area contributed by atoms with Crippen LogP contribution in [0.25, 0.3) is 22.0 Å². The summed E-state index contributed by atoms with van der Waals surface area (Å²) in [5.74, 6) is 0. The molecule has 124 valence electrons.